The molecule has 0 unspecified atom stereocenters. The van der Waals surface area contributed by atoms with Crippen LogP contribution in [0.2, 0.25) is 0 Å². The van der Waals surface area contributed by atoms with Gasteiger partial charge in [-0.05, 0) is 43.4 Å². The van der Waals surface area contributed by atoms with Crippen LogP contribution in [0.3, 0.4) is 0 Å². The van der Waals surface area contributed by atoms with Gasteiger partial charge in [-0.15, -0.1) is 11.6 Å². The molecule has 21 heavy (non-hydrogen) atoms. The molecule has 0 aromatic heterocycles. The minimum atomic E-state index is -0.196. The fraction of sp³-hybridized carbons (Fsp3) is 1.00. The molecule has 2 nitrogen and oxygen atoms in total. The Morgan fingerprint density at radius 2 is 1.95 bits per heavy atom. The Kier molecular flexibility index (Phi) is 4.40. The lowest BCUT2D eigenvalue weighted by molar-refractivity contribution is -0.199. The molecule has 1 heterocycles. The number of hydrogen-bond donors (Lipinski definition) is 0. The smallest absolute Gasteiger partial charge is 0.404 e. The highest BCUT2D eigenvalue weighted by atomic mass is 35.5. The topological polar surface area (TPSA) is 18.5 Å². The Hall–Kier alpha value is 0.275. The Bertz CT molecular complexity index is 389. The zero-order chi connectivity index (χ0) is 15.3. The molecular weight excluding hydrogens is 282 g/mol. The third-order valence-electron chi connectivity index (χ3n) is 6.60. The van der Waals surface area contributed by atoms with Crippen molar-refractivity contribution in [3.8, 4) is 0 Å². The summed E-state index contributed by atoms with van der Waals surface area (Å²) in [5, 5.41) is 0.00425. The van der Waals surface area contributed by atoms with E-state index in [2.05, 4.69) is 27.7 Å². The standard InChI is InChI=1S/C17H30BClO2/c1-5-6-7-8-9-15(19)18-20-14-11-12-10-13(16(12,2)3)17(14,4)21-18/h12-15H,5-11H2,1-4H3/t12-,13-,14+,15+,17-/m0/s1. The Balaban J connectivity index is 1.57. The van der Waals surface area contributed by atoms with Gasteiger partial charge >= 0.3 is 7.12 Å². The summed E-state index contributed by atoms with van der Waals surface area (Å²) in [6.07, 6.45) is 8.74. The van der Waals surface area contributed by atoms with E-state index < -0.39 is 0 Å². The van der Waals surface area contributed by atoms with Crippen molar-refractivity contribution in [1.29, 1.82) is 0 Å². The first kappa shape index (κ1) is 16.1. The van der Waals surface area contributed by atoms with E-state index in [1.807, 2.05) is 0 Å². The van der Waals surface area contributed by atoms with E-state index in [-0.39, 0.29) is 24.1 Å². The maximum Gasteiger partial charge on any atom is 0.476 e. The number of alkyl halides is 1. The monoisotopic (exact) mass is 312 g/mol. The molecule has 3 saturated carbocycles. The van der Waals surface area contributed by atoms with Crippen LogP contribution < -0.4 is 0 Å². The van der Waals surface area contributed by atoms with Crippen LogP contribution in [-0.4, -0.2) is 24.1 Å². The van der Waals surface area contributed by atoms with Gasteiger partial charge in [0.05, 0.1) is 17.0 Å². The molecule has 4 rings (SSSR count). The minimum absolute atomic E-state index is 0.00425. The summed E-state index contributed by atoms with van der Waals surface area (Å²) in [7, 11) is -0.196. The van der Waals surface area contributed by atoms with Gasteiger partial charge < -0.3 is 9.31 Å². The van der Waals surface area contributed by atoms with E-state index in [4.69, 9.17) is 20.9 Å². The zero-order valence-corrected chi connectivity index (χ0v) is 14.8. The molecule has 1 saturated heterocycles. The van der Waals surface area contributed by atoms with Crippen LogP contribution in [-0.2, 0) is 9.31 Å². The van der Waals surface area contributed by atoms with Crippen LogP contribution in [0, 0.1) is 17.3 Å². The predicted molar refractivity (Wildman–Crippen MR) is 88.5 cm³/mol. The molecule has 120 valence electrons. The lowest BCUT2D eigenvalue weighted by atomic mass is 9.43. The van der Waals surface area contributed by atoms with Crippen molar-refractivity contribution in [3.05, 3.63) is 0 Å². The quantitative estimate of drug-likeness (QED) is 0.397. The summed E-state index contributed by atoms with van der Waals surface area (Å²) in [6, 6.07) is 0. The van der Waals surface area contributed by atoms with Gasteiger partial charge in [0, 0.05) is 0 Å². The summed E-state index contributed by atoms with van der Waals surface area (Å²) < 4.78 is 12.6. The molecule has 0 aromatic carbocycles. The van der Waals surface area contributed by atoms with E-state index in [0.717, 1.165) is 18.8 Å². The molecule has 5 atom stereocenters. The predicted octanol–water partition coefficient (Wildman–Crippen LogP) is 4.83. The number of halogens is 1. The summed E-state index contributed by atoms with van der Waals surface area (Å²) in [6.45, 7) is 9.29. The van der Waals surface area contributed by atoms with Crippen LogP contribution >= 0.6 is 11.6 Å². The van der Waals surface area contributed by atoms with Crippen LogP contribution in [0.15, 0.2) is 0 Å². The van der Waals surface area contributed by atoms with Gasteiger partial charge in [-0.2, -0.15) is 0 Å². The molecule has 2 bridgehead atoms. The van der Waals surface area contributed by atoms with Crippen molar-refractivity contribution in [3.63, 3.8) is 0 Å². The van der Waals surface area contributed by atoms with Gasteiger partial charge in [0.25, 0.3) is 0 Å². The lowest BCUT2D eigenvalue weighted by Gasteiger charge is -2.64. The lowest BCUT2D eigenvalue weighted by Crippen LogP contribution is -2.65. The maximum absolute atomic E-state index is 6.58. The molecule has 0 amide bonds. The molecule has 0 aromatic rings. The summed E-state index contributed by atoms with van der Waals surface area (Å²) in [4.78, 5) is 0. The van der Waals surface area contributed by atoms with E-state index in [1.54, 1.807) is 0 Å². The average molecular weight is 313 g/mol. The van der Waals surface area contributed by atoms with Crippen LogP contribution in [0.25, 0.3) is 0 Å². The van der Waals surface area contributed by atoms with Gasteiger partial charge in [-0.25, -0.2) is 0 Å². The van der Waals surface area contributed by atoms with Crippen molar-refractivity contribution >= 4 is 18.7 Å². The molecular formula is C17H30BClO2. The van der Waals surface area contributed by atoms with Crippen molar-refractivity contribution in [2.75, 3.05) is 0 Å². The van der Waals surface area contributed by atoms with Crippen LogP contribution in [0.5, 0.6) is 0 Å². The van der Waals surface area contributed by atoms with Crippen molar-refractivity contribution in [1.82, 2.24) is 0 Å². The summed E-state index contributed by atoms with van der Waals surface area (Å²) in [5.74, 6) is 1.43. The number of hydrogen-bond acceptors (Lipinski definition) is 2. The number of rotatable bonds is 6. The normalized spacial score (nSPS) is 41.6. The van der Waals surface area contributed by atoms with Crippen LogP contribution in [0.4, 0.5) is 0 Å². The summed E-state index contributed by atoms with van der Waals surface area (Å²) in [5.41, 5.74) is 0.298. The third-order valence-corrected chi connectivity index (χ3v) is 7.02. The summed E-state index contributed by atoms with van der Waals surface area (Å²) >= 11 is 6.58. The first-order valence-electron chi connectivity index (χ1n) is 8.87. The second-order valence-corrected chi connectivity index (χ2v) is 8.76. The van der Waals surface area contributed by atoms with Gasteiger partial charge in [0.2, 0.25) is 0 Å². The molecule has 3 aliphatic carbocycles. The molecule has 4 aliphatic rings. The van der Waals surface area contributed by atoms with Gasteiger partial charge in [0.15, 0.2) is 0 Å². The van der Waals surface area contributed by atoms with Crippen molar-refractivity contribution < 1.29 is 9.31 Å². The van der Waals surface area contributed by atoms with E-state index in [0.29, 0.717) is 11.3 Å². The highest BCUT2D eigenvalue weighted by molar-refractivity contribution is 6.59. The van der Waals surface area contributed by atoms with Crippen molar-refractivity contribution in [2.24, 2.45) is 17.3 Å². The third kappa shape index (κ3) is 2.58. The SMILES string of the molecule is CCCCCC[C@@H](Cl)B1O[C@@H]2C[C@@H]3C[C@@H](C3(C)C)[C@]2(C)O1. The van der Waals surface area contributed by atoms with Gasteiger partial charge in [-0.3, -0.25) is 0 Å². The number of unbranched alkanes of at least 4 members (excludes halogenated alkanes) is 3. The first-order valence-corrected chi connectivity index (χ1v) is 9.30. The minimum Gasteiger partial charge on any atom is -0.404 e. The molecule has 4 fully saturated rings. The fourth-order valence-corrected chi connectivity index (χ4v) is 5.22. The molecule has 4 heteroatoms. The Labute approximate surface area is 135 Å². The van der Waals surface area contributed by atoms with E-state index in [1.165, 1.54) is 32.1 Å². The average Bonchev–Trinajstić information content (AvgIpc) is 2.80. The Morgan fingerprint density at radius 1 is 1.19 bits per heavy atom. The Morgan fingerprint density at radius 3 is 2.62 bits per heavy atom. The molecule has 0 spiro atoms. The van der Waals surface area contributed by atoms with Crippen molar-refractivity contribution in [2.45, 2.75) is 89.6 Å². The molecule has 0 N–H and O–H groups in total. The largest absolute Gasteiger partial charge is 0.476 e. The zero-order valence-electron chi connectivity index (χ0n) is 14.0. The molecule has 1 aliphatic heterocycles. The first-order chi connectivity index (χ1) is 9.89. The second kappa shape index (κ2) is 5.72. The molecule has 0 radical (unpaired) electrons. The van der Waals surface area contributed by atoms with E-state index >= 15 is 0 Å². The second-order valence-electron chi connectivity index (χ2n) is 8.20. The highest BCUT2D eigenvalue weighted by Crippen LogP contribution is 2.65. The maximum atomic E-state index is 6.58. The van der Waals surface area contributed by atoms with Gasteiger partial charge in [-0.1, -0.05) is 46.5 Å². The van der Waals surface area contributed by atoms with Gasteiger partial charge in [0.1, 0.15) is 0 Å². The highest BCUT2D eigenvalue weighted by Gasteiger charge is 2.68. The fourth-order valence-electron chi connectivity index (χ4n) is 4.96. The van der Waals surface area contributed by atoms with E-state index in [9.17, 15) is 0 Å². The van der Waals surface area contributed by atoms with Crippen LogP contribution in [0.1, 0.15) is 72.6 Å².